The molecule has 156 valence electrons. The number of hydrogen-bond donors (Lipinski definition) is 2. The van der Waals surface area contributed by atoms with Crippen molar-refractivity contribution in [1.29, 1.82) is 0 Å². The van der Waals surface area contributed by atoms with Gasteiger partial charge in [0.05, 0.1) is 0 Å². The Labute approximate surface area is 185 Å². The number of nitrogens with zero attached hydrogens (tertiary/aromatic N) is 2. The molecule has 0 unspecified atom stereocenters. The maximum absolute atomic E-state index is 12.4. The number of anilines is 2. The van der Waals surface area contributed by atoms with Gasteiger partial charge >= 0.3 is 0 Å². The number of carbonyl (C=O) groups is 1. The van der Waals surface area contributed by atoms with Crippen molar-refractivity contribution >= 4 is 28.2 Å². The minimum atomic E-state index is -0.217. The first-order chi connectivity index (χ1) is 15.2. The van der Waals surface area contributed by atoms with Gasteiger partial charge < -0.3 is 15.4 Å². The summed E-state index contributed by atoms with van der Waals surface area (Å²) in [5.74, 6) is 1.28. The molecule has 2 aromatic carbocycles. The molecule has 2 aromatic heterocycles. The summed E-state index contributed by atoms with van der Waals surface area (Å²) >= 11 is 1.37. The third-order valence-corrected chi connectivity index (χ3v) is 5.24. The molecule has 0 aliphatic heterocycles. The van der Waals surface area contributed by atoms with Crippen molar-refractivity contribution in [3.05, 3.63) is 101 Å². The summed E-state index contributed by atoms with van der Waals surface area (Å²) in [6.07, 6.45) is 0. The fraction of sp³-hybridized carbons (Fsp3) is 0.125. The van der Waals surface area contributed by atoms with E-state index in [-0.39, 0.29) is 5.91 Å². The minimum Gasteiger partial charge on any atom is -0.489 e. The van der Waals surface area contributed by atoms with Crippen molar-refractivity contribution in [2.45, 2.75) is 20.1 Å². The van der Waals surface area contributed by atoms with E-state index in [1.54, 1.807) is 5.38 Å². The van der Waals surface area contributed by atoms with Crippen LogP contribution in [0.3, 0.4) is 0 Å². The number of aryl methyl sites for hydroxylation is 1. The van der Waals surface area contributed by atoms with Crippen molar-refractivity contribution in [2.24, 2.45) is 0 Å². The molecule has 0 bridgehead atoms. The molecule has 0 saturated carbocycles. The first-order valence-corrected chi connectivity index (χ1v) is 10.7. The van der Waals surface area contributed by atoms with Crippen LogP contribution < -0.4 is 15.4 Å². The number of thiazole rings is 1. The van der Waals surface area contributed by atoms with E-state index in [2.05, 4.69) is 20.6 Å². The van der Waals surface area contributed by atoms with Crippen molar-refractivity contribution in [1.82, 2.24) is 15.3 Å². The summed E-state index contributed by atoms with van der Waals surface area (Å²) < 4.78 is 5.79. The van der Waals surface area contributed by atoms with Crippen molar-refractivity contribution < 1.29 is 9.53 Å². The molecule has 2 heterocycles. The SMILES string of the molecule is Cc1cccc(Nc2nc(C(=O)NCc3ccc(OCc4ccccc4)cc3)cs2)n1. The van der Waals surface area contributed by atoms with Gasteiger partial charge in [0.15, 0.2) is 5.13 Å². The zero-order valence-electron chi connectivity index (χ0n) is 17.0. The average molecular weight is 431 g/mol. The number of nitrogens with one attached hydrogen (secondary N) is 2. The number of aromatic nitrogens is 2. The molecule has 4 rings (SSSR count). The predicted molar refractivity (Wildman–Crippen MR) is 123 cm³/mol. The molecule has 0 radical (unpaired) electrons. The highest BCUT2D eigenvalue weighted by molar-refractivity contribution is 7.14. The second-order valence-electron chi connectivity index (χ2n) is 6.93. The van der Waals surface area contributed by atoms with Gasteiger partial charge in [-0.15, -0.1) is 11.3 Å². The van der Waals surface area contributed by atoms with Crippen molar-refractivity contribution in [3.8, 4) is 5.75 Å². The molecule has 0 aliphatic rings. The monoisotopic (exact) mass is 430 g/mol. The topological polar surface area (TPSA) is 76.1 Å². The largest absolute Gasteiger partial charge is 0.489 e. The number of benzene rings is 2. The molecule has 1 amide bonds. The van der Waals surface area contributed by atoms with Crippen LogP contribution >= 0.6 is 11.3 Å². The Hall–Kier alpha value is -3.71. The van der Waals surface area contributed by atoms with E-state index in [4.69, 9.17) is 4.74 Å². The summed E-state index contributed by atoms with van der Waals surface area (Å²) in [6, 6.07) is 23.4. The van der Waals surface area contributed by atoms with Gasteiger partial charge in [-0.1, -0.05) is 48.5 Å². The lowest BCUT2D eigenvalue weighted by atomic mass is 10.2. The van der Waals surface area contributed by atoms with Crippen LogP contribution in [0.15, 0.2) is 78.2 Å². The van der Waals surface area contributed by atoms with Gasteiger partial charge in [-0.05, 0) is 42.3 Å². The zero-order chi connectivity index (χ0) is 21.5. The molecule has 0 spiro atoms. The van der Waals surface area contributed by atoms with Gasteiger partial charge in [0.2, 0.25) is 0 Å². The molecular weight excluding hydrogens is 408 g/mol. The van der Waals surface area contributed by atoms with Crippen LogP contribution in [0.2, 0.25) is 0 Å². The molecule has 0 aliphatic carbocycles. The van der Waals surface area contributed by atoms with E-state index in [9.17, 15) is 4.79 Å². The van der Waals surface area contributed by atoms with E-state index in [0.29, 0.717) is 29.8 Å². The summed E-state index contributed by atoms with van der Waals surface area (Å²) in [7, 11) is 0. The second kappa shape index (κ2) is 9.86. The average Bonchev–Trinajstić information content (AvgIpc) is 3.26. The molecule has 7 heteroatoms. The molecule has 0 saturated heterocycles. The third kappa shape index (κ3) is 5.90. The Morgan fingerprint density at radius 1 is 0.935 bits per heavy atom. The summed E-state index contributed by atoms with van der Waals surface area (Å²) in [5.41, 5.74) is 3.39. The number of amides is 1. The Morgan fingerprint density at radius 3 is 2.52 bits per heavy atom. The third-order valence-electron chi connectivity index (χ3n) is 4.48. The molecule has 0 atom stereocenters. The lowest BCUT2D eigenvalue weighted by Crippen LogP contribution is -2.23. The molecule has 2 N–H and O–H groups in total. The van der Waals surface area contributed by atoms with Gasteiger partial charge in [0.1, 0.15) is 23.9 Å². The van der Waals surface area contributed by atoms with E-state index in [0.717, 1.165) is 22.6 Å². The van der Waals surface area contributed by atoms with Gasteiger partial charge in [-0.2, -0.15) is 0 Å². The van der Waals surface area contributed by atoms with Crippen LogP contribution in [-0.4, -0.2) is 15.9 Å². The molecule has 6 nitrogen and oxygen atoms in total. The van der Waals surface area contributed by atoms with Gasteiger partial charge in [-0.3, -0.25) is 4.79 Å². The van der Waals surface area contributed by atoms with E-state index >= 15 is 0 Å². The number of rotatable bonds is 8. The highest BCUT2D eigenvalue weighted by atomic mass is 32.1. The van der Waals surface area contributed by atoms with Crippen LogP contribution in [-0.2, 0) is 13.2 Å². The highest BCUT2D eigenvalue weighted by Gasteiger charge is 2.11. The van der Waals surface area contributed by atoms with E-state index in [1.165, 1.54) is 11.3 Å². The number of carbonyl (C=O) groups excluding carboxylic acids is 1. The lowest BCUT2D eigenvalue weighted by Gasteiger charge is -2.08. The molecule has 0 fully saturated rings. The fourth-order valence-electron chi connectivity index (χ4n) is 2.87. The Kier molecular flexibility index (Phi) is 6.54. The number of ether oxygens (including phenoxy) is 1. The van der Waals surface area contributed by atoms with Crippen LogP contribution in [0.1, 0.15) is 27.3 Å². The fourth-order valence-corrected chi connectivity index (χ4v) is 3.57. The first kappa shape index (κ1) is 20.6. The van der Waals surface area contributed by atoms with Gasteiger partial charge in [-0.25, -0.2) is 9.97 Å². The van der Waals surface area contributed by atoms with E-state index < -0.39 is 0 Å². The van der Waals surface area contributed by atoms with Crippen LogP contribution in [0, 0.1) is 6.92 Å². The number of hydrogen-bond acceptors (Lipinski definition) is 6. The number of pyridine rings is 1. The maximum Gasteiger partial charge on any atom is 0.271 e. The molecule has 4 aromatic rings. The standard InChI is InChI=1S/C24H22N4O2S/c1-17-6-5-9-22(26-17)28-24-27-21(16-31-24)23(29)25-14-18-10-12-20(13-11-18)30-15-19-7-3-2-4-8-19/h2-13,16H,14-15H2,1H3,(H,25,29)(H,26,27,28). The lowest BCUT2D eigenvalue weighted by molar-refractivity contribution is 0.0946. The minimum absolute atomic E-state index is 0.217. The van der Waals surface area contributed by atoms with Crippen LogP contribution in [0.5, 0.6) is 5.75 Å². The Bertz CT molecular complexity index is 1140. The quantitative estimate of drug-likeness (QED) is 0.407. The first-order valence-electron chi connectivity index (χ1n) is 9.86. The molecule has 31 heavy (non-hydrogen) atoms. The van der Waals surface area contributed by atoms with E-state index in [1.807, 2.05) is 79.7 Å². The normalized spacial score (nSPS) is 10.5. The highest BCUT2D eigenvalue weighted by Crippen LogP contribution is 2.20. The Balaban J connectivity index is 1.27. The van der Waals surface area contributed by atoms with Crippen molar-refractivity contribution in [2.75, 3.05) is 5.32 Å². The second-order valence-corrected chi connectivity index (χ2v) is 7.79. The van der Waals surface area contributed by atoms with Gasteiger partial charge in [0.25, 0.3) is 5.91 Å². The summed E-state index contributed by atoms with van der Waals surface area (Å²) in [6.45, 7) is 2.86. The Morgan fingerprint density at radius 2 is 1.74 bits per heavy atom. The summed E-state index contributed by atoms with van der Waals surface area (Å²) in [4.78, 5) is 21.2. The van der Waals surface area contributed by atoms with Crippen molar-refractivity contribution in [3.63, 3.8) is 0 Å². The van der Waals surface area contributed by atoms with Gasteiger partial charge in [0, 0.05) is 17.6 Å². The van der Waals surface area contributed by atoms with Crippen LogP contribution in [0.25, 0.3) is 0 Å². The predicted octanol–water partition coefficient (Wildman–Crippen LogP) is 5.10. The smallest absolute Gasteiger partial charge is 0.271 e. The zero-order valence-corrected chi connectivity index (χ0v) is 17.9. The molecular formula is C24H22N4O2S. The summed E-state index contributed by atoms with van der Waals surface area (Å²) in [5, 5.41) is 8.38. The maximum atomic E-state index is 12.4. The van der Waals surface area contributed by atoms with Crippen LogP contribution in [0.4, 0.5) is 10.9 Å².